The maximum Gasteiger partial charge on any atom is 0.389 e. The summed E-state index contributed by atoms with van der Waals surface area (Å²) < 4.78 is 49.0. The van der Waals surface area contributed by atoms with Gasteiger partial charge in [-0.15, -0.1) is 23.2 Å². The van der Waals surface area contributed by atoms with Gasteiger partial charge in [0.25, 0.3) is 0 Å². The molecule has 3 nitrogen and oxygen atoms in total. The zero-order valence-electron chi connectivity index (χ0n) is 16.4. The molecule has 2 unspecified atom stereocenters. The fourth-order valence-electron chi connectivity index (χ4n) is 3.46. The van der Waals surface area contributed by atoms with Crippen molar-refractivity contribution < 1.29 is 27.2 Å². The Hall–Kier alpha value is -1.25. The fraction of sp³-hybridized carbons (Fsp3) is 0.333. The maximum atomic E-state index is 13.4. The van der Waals surface area contributed by atoms with Crippen LogP contribution in [0.25, 0.3) is 0 Å². The second-order valence-electron chi connectivity index (χ2n) is 7.47. The smallest absolute Gasteiger partial charge is 0.324 e. The second-order valence-corrected chi connectivity index (χ2v) is 10.1. The summed E-state index contributed by atoms with van der Waals surface area (Å²) in [5.41, 5.74) is 0.269. The Bertz CT molecular complexity index is 1110. The molecule has 1 fully saturated rings. The summed E-state index contributed by atoms with van der Waals surface area (Å²) in [5, 5.41) is 2.08. The minimum absolute atomic E-state index is 0.0113. The third-order valence-electron chi connectivity index (χ3n) is 5.13. The first-order valence-electron chi connectivity index (χ1n) is 9.45. The average molecular weight is 566 g/mol. The standard InChI is InChI=1S/C21H14Cl5F4NO2/c22-10-4-6-13(18(24)15(10)14(32)2-1-7-20(28,29)30)31-19(33)17-16(21(17,25)26)9-3-5-12(27)11(23)8-9/h3-6,8,16-17H,1-2,7H2,(H,31,33). The van der Waals surface area contributed by atoms with Crippen LogP contribution < -0.4 is 5.32 Å². The number of rotatable bonds is 7. The van der Waals surface area contributed by atoms with Gasteiger partial charge < -0.3 is 5.32 Å². The normalized spacial score (nSPS) is 19.3. The molecule has 12 heteroatoms. The van der Waals surface area contributed by atoms with Crippen LogP contribution in [-0.2, 0) is 4.79 Å². The van der Waals surface area contributed by atoms with Crippen LogP contribution in [0.4, 0.5) is 23.2 Å². The molecule has 178 valence electrons. The number of carbonyl (C=O) groups is 2. The molecule has 0 radical (unpaired) electrons. The molecule has 0 saturated heterocycles. The second kappa shape index (κ2) is 9.78. The maximum absolute atomic E-state index is 13.4. The Balaban J connectivity index is 1.77. The van der Waals surface area contributed by atoms with Crippen molar-refractivity contribution in [1.82, 2.24) is 0 Å². The molecule has 2 atom stereocenters. The third-order valence-corrected chi connectivity index (χ3v) is 7.07. The molecule has 0 aromatic heterocycles. The lowest BCUT2D eigenvalue weighted by Crippen LogP contribution is -2.18. The highest BCUT2D eigenvalue weighted by atomic mass is 35.5. The average Bonchev–Trinajstić information content (AvgIpc) is 3.27. The minimum atomic E-state index is -4.39. The van der Waals surface area contributed by atoms with Gasteiger partial charge in [0.05, 0.1) is 32.2 Å². The zero-order valence-corrected chi connectivity index (χ0v) is 20.2. The van der Waals surface area contributed by atoms with Crippen molar-refractivity contribution >= 4 is 75.4 Å². The number of anilines is 1. The Morgan fingerprint density at radius 2 is 1.70 bits per heavy atom. The Labute approximate surface area is 211 Å². The van der Waals surface area contributed by atoms with E-state index in [1.807, 2.05) is 0 Å². The molecule has 3 rings (SSSR count). The topological polar surface area (TPSA) is 46.2 Å². The highest BCUT2D eigenvalue weighted by molar-refractivity contribution is 6.53. The van der Waals surface area contributed by atoms with E-state index in [4.69, 9.17) is 58.0 Å². The van der Waals surface area contributed by atoms with Crippen LogP contribution in [0.15, 0.2) is 30.3 Å². The molecule has 2 aromatic rings. The van der Waals surface area contributed by atoms with Crippen LogP contribution in [0, 0.1) is 11.7 Å². The van der Waals surface area contributed by atoms with Crippen LogP contribution in [0.2, 0.25) is 15.1 Å². The quantitative estimate of drug-likeness (QED) is 0.209. The lowest BCUT2D eigenvalue weighted by molar-refractivity contribution is -0.135. The molecule has 1 N–H and O–H groups in total. The van der Waals surface area contributed by atoms with E-state index in [-0.39, 0.29) is 26.3 Å². The van der Waals surface area contributed by atoms with Crippen molar-refractivity contribution in [2.24, 2.45) is 5.92 Å². The molecule has 0 bridgehead atoms. The van der Waals surface area contributed by atoms with Gasteiger partial charge in [-0.3, -0.25) is 9.59 Å². The van der Waals surface area contributed by atoms with Crippen molar-refractivity contribution in [1.29, 1.82) is 0 Å². The monoisotopic (exact) mass is 563 g/mol. The van der Waals surface area contributed by atoms with Gasteiger partial charge in [0, 0.05) is 18.8 Å². The van der Waals surface area contributed by atoms with E-state index in [0.717, 1.165) is 6.07 Å². The fourth-order valence-corrected chi connectivity index (χ4v) is 5.11. The third kappa shape index (κ3) is 5.88. The molecule has 1 aliphatic carbocycles. The molecular weight excluding hydrogens is 551 g/mol. The van der Waals surface area contributed by atoms with E-state index >= 15 is 0 Å². The molecule has 0 spiro atoms. The summed E-state index contributed by atoms with van der Waals surface area (Å²) in [6, 6.07) is 6.48. The molecule has 1 amide bonds. The number of halogens is 9. The Kier molecular flexibility index (Phi) is 7.81. The first-order chi connectivity index (χ1) is 15.2. The largest absolute Gasteiger partial charge is 0.389 e. The van der Waals surface area contributed by atoms with Crippen molar-refractivity contribution in [3.8, 4) is 0 Å². The van der Waals surface area contributed by atoms with Crippen LogP contribution >= 0.6 is 58.0 Å². The SMILES string of the molecule is O=C(CCCC(F)(F)F)c1c(Cl)ccc(NC(=O)C2C(c3ccc(F)c(Cl)c3)C2(Cl)Cl)c1Cl. The van der Waals surface area contributed by atoms with Gasteiger partial charge in [0.15, 0.2) is 5.78 Å². The molecule has 1 aliphatic rings. The van der Waals surface area contributed by atoms with Gasteiger partial charge in [-0.2, -0.15) is 13.2 Å². The Morgan fingerprint density at radius 3 is 2.30 bits per heavy atom. The molecule has 1 saturated carbocycles. The molecule has 2 aromatic carbocycles. The van der Waals surface area contributed by atoms with Crippen LogP contribution in [0.1, 0.15) is 41.1 Å². The number of hydrogen-bond acceptors (Lipinski definition) is 2. The lowest BCUT2D eigenvalue weighted by Gasteiger charge is -2.13. The van der Waals surface area contributed by atoms with E-state index in [1.165, 1.54) is 24.3 Å². The first-order valence-corrected chi connectivity index (χ1v) is 11.3. The van der Waals surface area contributed by atoms with Gasteiger partial charge >= 0.3 is 6.18 Å². The first kappa shape index (κ1) is 26.4. The van der Waals surface area contributed by atoms with Crippen LogP contribution in [-0.4, -0.2) is 22.2 Å². The number of amides is 1. The summed E-state index contributed by atoms with van der Waals surface area (Å²) in [6.07, 6.45) is -6.39. The number of nitrogens with one attached hydrogen (secondary N) is 1. The van der Waals surface area contributed by atoms with E-state index in [0.29, 0.717) is 5.56 Å². The summed E-state index contributed by atoms with van der Waals surface area (Å²) in [6.45, 7) is 0. The predicted molar refractivity (Wildman–Crippen MR) is 121 cm³/mol. The van der Waals surface area contributed by atoms with Gasteiger partial charge in [-0.1, -0.05) is 40.9 Å². The van der Waals surface area contributed by atoms with Crippen molar-refractivity contribution in [2.75, 3.05) is 5.32 Å². The summed E-state index contributed by atoms with van der Waals surface area (Å²) >= 11 is 30.6. The summed E-state index contributed by atoms with van der Waals surface area (Å²) in [7, 11) is 0. The lowest BCUT2D eigenvalue weighted by atomic mass is 10.0. The number of ketones is 1. The van der Waals surface area contributed by atoms with E-state index in [2.05, 4.69) is 5.32 Å². The summed E-state index contributed by atoms with van der Waals surface area (Å²) in [4.78, 5) is 25.3. The molecule has 33 heavy (non-hydrogen) atoms. The molecular formula is C21H14Cl5F4NO2. The minimum Gasteiger partial charge on any atom is -0.324 e. The predicted octanol–water partition coefficient (Wildman–Crippen LogP) is 8.23. The number of Topliss-reactive ketones (excluding diaryl/α,β-unsaturated/α-hetero) is 1. The molecule has 0 aliphatic heterocycles. The van der Waals surface area contributed by atoms with E-state index in [9.17, 15) is 27.2 Å². The number of carbonyl (C=O) groups excluding carboxylic acids is 2. The van der Waals surface area contributed by atoms with Crippen LogP contribution in [0.5, 0.6) is 0 Å². The van der Waals surface area contributed by atoms with Gasteiger partial charge in [0.2, 0.25) is 5.91 Å². The summed E-state index contributed by atoms with van der Waals surface area (Å²) in [5.74, 6) is -3.60. The Morgan fingerprint density at radius 1 is 1.03 bits per heavy atom. The zero-order chi connectivity index (χ0) is 24.7. The highest BCUT2D eigenvalue weighted by Crippen LogP contribution is 2.65. The number of alkyl halides is 5. The number of hydrogen-bond donors (Lipinski definition) is 1. The molecule has 0 heterocycles. The van der Waals surface area contributed by atoms with Crippen molar-refractivity contribution in [3.63, 3.8) is 0 Å². The van der Waals surface area contributed by atoms with Gasteiger partial charge in [-0.05, 0) is 36.2 Å². The van der Waals surface area contributed by atoms with Crippen molar-refractivity contribution in [2.45, 2.75) is 35.7 Å². The van der Waals surface area contributed by atoms with Crippen molar-refractivity contribution in [3.05, 3.63) is 62.3 Å². The number of benzene rings is 2. The van der Waals surface area contributed by atoms with Crippen LogP contribution in [0.3, 0.4) is 0 Å². The highest BCUT2D eigenvalue weighted by Gasteiger charge is 2.67. The van der Waals surface area contributed by atoms with E-state index < -0.39 is 59.1 Å². The van der Waals surface area contributed by atoms with Gasteiger partial charge in [0.1, 0.15) is 10.2 Å². The van der Waals surface area contributed by atoms with Gasteiger partial charge in [-0.25, -0.2) is 4.39 Å². The van der Waals surface area contributed by atoms with E-state index in [1.54, 1.807) is 0 Å².